The maximum Gasteiger partial charge on any atom is 0.422 e. The maximum atomic E-state index is 13.7. The van der Waals surface area contributed by atoms with E-state index in [4.69, 9.17) is 0 Å². The number of alkyl halides is 3. The summed E-state index contributed by atoms with van der Waals surface area (Å²) >= 11 is 0. The molecule has 0 atom stereocenters. The van der Waals surface area contributed by atoms with Gasteiger partial charge < -0.3 is 15.0 Å². The minimum atomic E-state index is -4.72. The van der Waals surface area contributed by atoms with Gasteiger partial charge in [-0.1, -0.05) is 64.1 Å². The van der Waals surface area contributed by atoms with E-state index in [1.165, 1.54) is 24.3 Å². The quantitative estimate of drug-likeness (QED) is 0.272. The first-order valence-electron chi connectivity index (χ1n) is 11.5. The van der Waals surface area contributed by atoms with Crippen LogP contribution in [0.25, 0.3) is 0 Å². The van der Waals surface area contributed by atoms with Gasteiger partial charge in [0, 0.05) is 30.8 Å². The molecule has 0 fully saturated rings. The molecule has 10 heteroatoms. The van der Waals surface area contributed by atoms with Crippen LogP contribution in [0.3, 0.4) is 0 Å². The molecule has 0 unspecified atom stereocenters. The van der Waals surface area contributed by atoms with E-state index in [1.54, 1.807) is 26.0 Å². The molecule has 200 valence electrons. The predicted molar refractivity (Wildman–Crippen MR) is 127 cm³/mol. The number of hydrogen-bond acceptors (Lipinski definition) is 4. The molecule has 0 aromatic heterocycles. The summed E-state index contributed by atoms with van der Waals surface area (Å²) in [6.45, 7) is 7.32. The molecular weight excluding hydrogens is 483 g/mol. The van der Waals surface area contributed by atoms with E-state index in [0.717, 1.165) is 17.0 Å². The third-order valence-corrected chi connectivity index (χ3v) is 4.56. The van der Waals surface area contributed by atoms with Crippen LogP contribution in [0.1, 0.15) is 38.8 Å². The van der Waals surface area contributed by atoms with Crippen molar-refractivity contribution < 1.29 is 36.3 Å². The van der Waals surface area contributed by atoms with E-state index in [9.17, 15) is 31.5 Å². The first-order chi connectivity index (χ1) is 16.8. The van der Waals surface area contributed by atoms with Crippen LogP contribution < -0.4 is 5.32 Å². The lowest BCUT2D eigenvalue weighted by atomic mass is 10.1. The highest BCUT2D eigenvalue weighted by atomic mass is 19.4. The molecule has 2 aromatic carbocycles. The molecule has 0 aliphatic rings. The van der Waals surface area contributed by atoms with Gasteiger partial charge in [-0.25, -0.2) is 13.6 Å². The largest absolute Gasteiger partial charge is 0.449 e. The highest BCUT2D eigenvalue weighted by Crippen LogP contribution is 2.16. The second-order valence-corrected chi connectivity index (χ2v) is 8.98. The Morgan fingerprint density at radius 1 is 0.889 bits per heavy atom. The minimum Gasteiger partial charge on any atom is -0.449 e. The van der Waals surface area contributed by atoms with E-state index in [1.807, 2.05) is 12.1 Å². The molecule has 2 rings (SSSR count). The van der Waals surface area contributed by atoms with Crippen LogP contribution in [0.4, 0.5) is 22.0 Å². The number of halogens is 5. The van der Waals surface area contributed by atoms with E-state index >= 15 is 0 Å². The molecule has 1 N–H and O–H groups in total. The zero-order valence-electron chi connectivity index (χ0n) is 20.9. The Morgan fingerprint density at radius 3 is 1.89 bits per heavy atom. The van der Waals surface area contributed by atoms with Crippen molar-refractivity contribution in [3.8, 4) is 0 Å². The summed E-state index contributed by atoms with van der Waals surface area (Å²) in [5.74, 6) is -3.00. The Bertz CT molecular complexity index is 965. The number of rotatable bonds is 9. The van der Waals surface area contributed by atoms with Crippen LogP contribution in [0.15, 0.2) is 48.5 Å². The minimum absolute atomic E-state index is 0.0684. The number of nitrogens with zero attached hydrogens (tertiary/aromatic N) is 1. The van der Waals surface area contributed by atoms with Crippen LogP contribution in [0.2, 0.25) is 0 Å². The summed E-state index contributed by atoms with van der Waals surface area (Å²) in [4.78, 5) is 24.4. The topological polar surface area (TPSA) is 58.6 Å². The van der Waals surface area contributed by atoms with Crippen LogP contribution in [-0.4, -0.2) is 42.6 Å². The van der Waals surface area contributed by atoms with Crippen molar-refractivity contribution >= 4 is 11.9 Å². The summed E-state index contributed by atoms with van der Waals surface area (Å²) in [5, 5.41) is 3.20. The summed E-state index contributed by atoms with van der Waals surface area (Å²) in [6.07, 6.45) is -4.72. The van der Waals surface area contributed by atoms with Crippen LogP contribution in [-0.2, 0) is 27.4 Å². The summed E-state index contributed by atoms with van der Waals surface area (Å²) in [7, 11) is 0. The third kappa shape index (κ3) is 12.6. The normalized spacial score (nSPS) is 11.2. The van der Waals surface area contributed by atoms with Crippen molar-refractivity contribution in [3.63, 3.8) is 0 Å². The number of carbonyl (C=O) groups excluding carboxylic acids is 2. The number of nitrogens with one attached hydrogen (secondary N) is 1. The van der Waals surface area contributed by atoms with Crippen LogP contribution in [0, 0.1) is 23.5 Å². The summed E-state index contributed by atoms with van der Waals surface area (Å²) in [5.41, 5.74) is 0.897. The van der Waals surface area contributed by atoms with Gasteiger partial charge in [-0.2, -0.15) is 13.2 Å². The lowest BCUT2D eigenvalue weighted by molar-refractivity contribution is -0.189. The molecule has 0 bridgehead atoms. The van der Waals surface area contributed by atoms with Gasteiger partial charge in [0.15, 0.2) is 6.61 Å². The van der Waals surface area contributed by atoms with Crippen molar-refractivity contribution in [2.45, 2.75) is 47.0 Å². The molecule has 0 aliphatic carbocycles. The molecule has 2 aromatic rings. The number of amides is 1. The lowest BCUT2D eigenvalue weighted by Gasteiger charge is -2.24. The first-order valence-corrected chi connectivity index (χ1v) is 11.5. The highest BCUT2D eigenvalue weighted by molar-refractivity contribution is 6.32. The molecule has 0 aliphatic heterocycles. The predicted octanol–water partition coefficient (Wildman–Crippen LogP) is 5.49. The van der Waals surface area contributed by atoms with Gasteiger partial charge in [0.25, 0.3) is 0 Å². The van der Waals surface area contributed by atoms with E-state index < -0.39 is 30.5 Å². The Kier molecular flexibility index (Phi) is 13.1. The smallest absolute Gasteiger partial charge is 0.422 e. The van der Waals surface area contributed by atoms with Crippen molar-refractivity contribution in [2.75, 3.05) is 19.7 Å². The van der Waals surface area contributed by atoms with Crippen molar-refractivity contribution in [3.05, 3.63) is 71.3 Å². The molecule has 5 nitrogen and oxygen atoms in total. The SMILES string of the molecule is CC(C)CN(Cc1ccccc1F)C(=O)C(=O)OCC(F)(F)F.CC(C)CNCc1ccccc1F. The molecule has 0 saturated heterocycles. The zero-order valence-corrected chi connectivity index (χ0v) is 20.9. The Morgan fingerprint density at radius 2 is 1.42 bits per heavy atom. The highest BCUT2D eigenvalue weighted by Gasteiger charge is 2.33. The third-order valence-electron chi connectivity index (χ3n) is 4.56. The first kappa shape index (κ1) is 31.0. The second-order valence-electron chi connectivity index (χ2n) is 8.98. The maximum absolute atomic E-state index is 13.7. The van der Waals surface area contributed by atoms with Gasteiger partial charge in [0.05, 0.1) is 0 Å². The number of hydrogen-bond donors (Lipinski definition) is 1. The summed E-state index contributed by atoms with van der Waals surface area (Å²) in [6, 6.07) is 12.5. The Balaban J connectivity index is 0.000000420. The lowest BCUT2D eigenvalue weighted by Crippen LogP contribution is -2.40. The molecule has 36 heavy (non-hydrogen) atoms. The molecular formula is C26H33F5N2O3. The van der Waals surface area contributed by atoms with Gasteiger partial charge in [-0.3, -0.25) is 4.79 Å². The molecule has 1 amide bonds. The monoisotopic (exact) mass is 516 g/mol. The molecule has 0 spiro atoms. The molecule has 0 saturated carbocycles. The second kappa shape index (κ2) is 15.2. The fourth-order valence-electron chi connectivity index (χ4n) is 2.97. The Hall–Kier alpha value is -3.01. The van der Waals surface area contributed by atoms with E-state index in [0.29, 0.717) is 12.5 Å². The average Bonchev–Trinajstić information content (AvgIpc) is 2.78. The van der Waals surface area contributed by atoms with Crippen LogP contribution in [0.5, 0.6) is 0 Å². The average molecular weight is 517 g/mol. The fourth-order valence-corrected chi connectivity index (χ4v) is 2.97. The molecule has 0 radical (unpaired) electrons. The van der Waals surface area contributed by atoms with Crippen molar-refractivity contribution in [1.82, 2.24) is 10.2 Å². The van der Waals surface area contributed by atoms with Gasteiger partial charge >= 0.3 is 18.1 Å². The van der Waals surface area contributed by atoms with Crippen LogP contribution >= 0.6 is 0 Å². The zero-order chi connectivity index (χ0) is 27.3. The number of ether oxygens (including phenoxy) is 1. The number of esters is 1. The van der Waals surface area contributed by atoms with E-state index in [-0.39, 0.29) is 30.4 Å². The number of carbonyl (C=O) groups is 2. The molecule has 0 heterocycles. The van der Waals surface area contributed by atoms with E-state index in [2.05, 4.69) is 23.9 Å². The van der Waals surface area contributed by atoms with Crippen molar-refractivity contribution in [1.29, 1.82) is 0 Å². The van der Waals surface area contributed by atoms with Crippen molar-refractivity contribution in [2.24, 2.45) is 11.8 Å². The van der Waals surface area contributed by atoms with Gasteiger partial charge in [-0.05, 0) is 30.5 Å². The van der Waals surface area contributed by atoms with Gasteiger partial charge in [-0.15, -0.1) is 0 Å². The van der Waals surface area contributed by atoms with Gasteiger partial charge in [0.1, 0.15) is 11.6 Å². The Labute approximate surface area is 208 Å². The standard InChI is InChI=1S/C15H17F4NO3.C11H16FN/c1-10(2)7-20(8-11-5-3-4-6-12(11)16)13(21)14(22)23-9-15(17,18)19;1-9(2)7-13-8-10-5-3-4-6-11(10)12/h3-6,10H,7-9H2,1-2H3;3-6,9,13H,7-8H2,1-2H3. The van der Waals surface area contributed by atoms with Gasteiger partial charge in [0.2, 0.25) is 0 Å². The fraction of sp³-hybridized carbons (Fsp3) is 0.462. The summed E-state index contributed by atoms with van der Waals surface area (Å²) < 4.78 is 66.8. The number of benzene rings is 2.